The number of ether oxygens (including phenoxy) is 1. The molecule has 5 heteroatoms. The molecule has 0 aliphatic rings. The molecule has 0 spiro atoms. The highest BCUT2D eigenvalue weighted by molar-refractivity contribution is 5.85. The number of nitrogens with two attached hydrogens (primary N) is 1. The molecule has 21 heavy (non-hydrogen) atoms. The Morgan fingerprint density at radius 2 is 2.00 bits per heavy atom. The van der Waals surface area contributed by atoms with E-state index in [1.807, 2.05) is 52.0 Å². The van der Waals surface area contributed by atoms with Crippen LogP contribution in [0.2, 0.25) is 0 Å². The third kappa shape index (κ3) is 6.36. The van der Waals surface area contributed by atoms with Crippen molar-refractivity contribution in [1.29, 1.82) is 0 Å². The van der Waals surface area contributed by atoms with Gasteiger partial charge in [-0.25, -0.2) is 0 Å². The first-order valence-electron chi connectivity index (χ1n) is 6.92. The van der Waals surface area contributed by atoms with Gasteiger partial charge in [-0.15, -0.1) is 12.4 Å². The summed E-state index contributed by atoms with van der Waals surface area (Å²) in [5, 5.41) is 0. The summed E-state index contributed by atoms with van der Waals surface area (Å²) in [7, 11) is 1.76. The van der Waals surface area contributed by atoms with Crippen LogP contribution in [-0.2, 0) is 4.79 Å². The monoisotopic (exact) mass is 314 g/mol. The Labute approximate surface area is 134 Å². The van der Waals surface area contributed by atoms with Gasteiger partial charge in [0.15, 0.2) is 0 Å². The second-order valence-corrected chi connectivity index (χ2v) is 6.27. The average molecular weight is 315 g/mol. The third-order valence-electron chi connectivity index (χ3n) is 3.26. The molecule has 0 aliphatic heterocycles. The maximum Gasteiger partial charge on any atom is 0.239 e. The summed E-state index contributed by atoms with van der Waals surface area (Å²) in [4.78, 5) is 13.8. The van der Waals surface area contributed by atoms with Gasteiger partial charge in [-0.1, -0.05) is 32.9 Å². The topological polar surface area (TPSA) is 55.6 Å². The minimum atomic E-state index is -0.494. The lowest BCUT2D eigenvalue weighted by molar-refractivity contribution is -0.133. The summed E-state index contributed by atoms with van der Waals surface area (Å²) in [6.07, 6.45) is 0. The lowest BCUT2D eigenvalue weighted by Gasteiger charge is -2.29. The number of likely N-dealkylation sites (N-methyl/N-ethyl adjacent to an activating group) is 1. The van der Waals surface area contributed by atoms with E-state index in [-0.39, 0.29) is 23.7 Å². The van der Waals surface area contributed by atoms with Crippen molar-refractivity contribution < 1.29 is 9.53 Å². The molecule has 120 valence electrons. The molecule has 4 nitrogen and oxygen atoms in total. The molecule has 0 fully saturated rings. The molecule has 1 aromatic carbocycles. The van der Waals surface area contributed by atoms with Crippen molar-refractivity contribution >= 4 is 18.3 Å². The van der Waals surface area contributed by atoms with Crippen molar-refractivity contribution in [2.75, 3.05) is 20.2 Å². The predicted molar refractivity (Wildman–Crippen MR) is 89.0 cm³/mol. The lowest BCUT2D eigenvalue weighted by atomic mass is 9.86. The van der Waals surface area contributed by atoms with Crippen LogP contribution < -0.4 is 10.5 Å². The van der Waals surface area contributed by atoms with Gasteiger partial charge in [0, 0.05) is 7.05 Å². The Bertz CT molecular complexity index is 458. The second-order valence-electron chi connectivity index (χ2n) is 6.27. The van der Waals surface area contributed by atoms with Crippen molar-refractivity contribution in [3.05, 3.63) is 29.8 Å². The fourth-order valence-electron chi connectivity index (χ4n) is 1.72. The molecule has 1 rings (SSSR count). The molecule has 2 N–H and O–H groups in total. The van der Waals surface area contributed by atoms with Gasteiger partial charge in [0.05, 0.1) is 12.6 Å². The smallest absolute Gasteiger partial charge is 0.239 e. The highest BCUT2D eigenvalue weighted by atomic mass is 35.5. The van der Waals surface area contributed by atoms with Crippen molar-refractivity contribution in [1.82, 2.24) is 4.90 Å². The molecule has 0 aliphatic carbocycles. The minimum absolute atomic E-state index is 0. The average Bonchev–Trinajstić information content (AvgIpc) is 2.35. The maximum absolute atomic E-state index is 12.1. The van der Waals surface area contributed by atoms with E-state index in [0.29, 0.717) is 13.2 Å². The first-order valence-corrected chi connectivity index (χ1v) is 6.92. The van der Waals surface area contributed by atoms with Crippen LogP contribution in [0.3, 0.4) is 0 Å². The van der Waals surface area contributed by atoms with Crippen LogP contribution in [0.5, 0.6) is 5.75 Å². The largest absolute Gasteiger partial charge is 0.492 e. The van der Waals surface area contributed by atoms with Crippen LogP contribution in [-0.4, -0.2) is 37.0 Å². The molecule has 0 saturated heterocycles. The Morgan fingerprint density at radius 1 is 1.38 bits per heavy atom. The number of amides is 1. The molecule has 0 aromatic heterocycles. The molecular weight excluding hydrogens is 288 g/mol. The zero-order chi connectivity index (χ0) is 15.3. The number of hydrogen-bond donors (Lipinski definition) is 1. The van der Waals surface area contributed by atoms with Gasteiger partial charge < -0.3 is 15.4 Å². The van der Waals surface area contributed by atoms with Crippen LogP contribution in [0, 0.1) is 12.3 Å². The summed E-state index contributed by atoms with van der Waals surface area (Å²) in [5.74, 6) is 0.774. The van der Waals surface area contributed by atoms with Gasteiger partial charge in [-0.2, -0.15) is 0 Å². The zero-order valence-electron chi connectivity index (χ0n) is 13.6. The summed E-state index contributed by atoms with van der Waals surface area (Å²) in [5.41, 5.74) is 6.89. The number of hydrogen-bond acceptors (Lipinski definition) is 3. The highest BCUT2D eigenvalue weighted by Crippen LogP contribution is 2.18. The van der Waals surface area contributed by atoms with Crippen LogP contribution >= 0.6 is 12.4 Å². The highest BCUT2D eigenvalue weighted by Gasteiger charge is 2.29. The Morgan fingerprint density at radius 3 is 2.52 bits per heavy atom. The number of carbonyl (C=O) groups excluding carboxylic acids is 1. The molecule has 1 aromatic rings. The number of aryl methyl sites for hydroxylation is 1. The molecule has 1 atom stereocenters. The van der Waals surface area contributed by atoms with Gasteiger partial charge in [0.2, 0.25) is 5.91 Å². The van der Waals surface area contributed by atoms with E-state index in [4.69, 9.17) is 10.5 Å². The minimum Gasteiger partial charge on any atom is -0.492 e. The van der Waals surface area contributed by atoms with Gasteiger partial charge in [0.25, 0.3) is 0 Å². The number of halogens is 1. The third-order valence-corrected chi connectivity index (χ3v) is 3.26. The molecule has 0 heterocycles. The van der Waals surface area contributed by atoms with Crippen molar-refractivity contribution in [2.24, 2.45) is 11.1 Å². The van der Waals surface area contributed by atoms with E-state index in [2.05, 4.69) is 0 Å². The zero-order valence-corrected chi connectivity index (χ0v) is 14.4. The molecule has 1 amide bonds. The molecule has 0 radical (unpaired) electrons. The van der Waals surface area contributed by atoms with E-state index in [9.17, 15) is 4.79 Å². The van der Waals surface area contributed by atoms with Gasteiger partial charge in [-0.3, -0.25) is 4.79 Å². The predicted octanol–water partition coefficient (Wildman–Crippen LogP) is 2.63. The van der Waals surface area contributed by atoms with E-state index in [1.54, 1.807) is 11.9 Å². The quantitative estimate of drug-likeness (QED) is 0.909. The van der Waals surface area contributed by atoms with Gasteiger partial charge >= 0.3 is 0 Å². The van der Waals surface area contributed by atoms with Gasteiger partial charge in [-0.05, 0) is 30.0 Å². The van der Waals surface area contributed by atoms with Crippen LogP contribution in [0.1, 0.15) is 26.3 Å². The summed E-state index contributed by atoms with van der Waals surface area (Å²) >= 11 is 0. The van der Waals surface area contributed by atoms with Crippen molar-refractivity contribution in [2.45, 2.75) is 33.7 Å². The van der Waals surface area contributed by atoms with E-state index in [1.165, 1.54) is 0 Å². The van der Waals surface area contributed by atoms with Crippen LogP contribution in [0.25, 0.3) is 0 Å². The van der Waals surface area contributed by atoms with E-state index < -0.39 is 6.04 Å². The molecule has 0 bridgehead atoms. The Balaban J connectivity index is 0.00000400. The Hall–Kier alpha value is -1.26. The van der Waals surface area contributed by atoms with E-state index in [0.717, 1.165) is 11.3 Å². The first-order chi connectivity index (χ1) is 9.21. The fourth-order valence-corrected chi connectivity index (χ4v) is 1.72. The van der Waals surface area contributed by atoms with Crippen molar-refractivity contribution in [3.63, 3.8) is 0 Å². The SMILES string of the molecule is Cc1cccc(OCCN(C)C(=O)[C@@H](N)C(C)(C)C)c1.Cl. The number of benzene rings is 1. The lowest BCUT2D eigenvalue weighted by Crippen LogP contribution is -2.49. The fraction of sp³-hybridized carbons (Fsp3) is 0.562. The maximum atomic E-state index is 12.1. The standard InChI is InChI=1S/C16H26N2O2.ClH/c1-12-7-6-8-13(11-12)20-10-9-18(5)15(19)14(17)16(2,3)4;/h6-8,11,14H,9-10,17H2,1-5H3;1H/t14-;/m1./s1. The Kier molecular flexibility index (Phi) is 7.75. The number of carbonyl (C=O) groups is 1. The molecular formula is C16H27ClN2O2. The molecule has 0 saturated carbocycles. The summed E-state index contributed by atoms with van der Waals surface area (Å²) < 4.78 is 5.64. The number of nitrogens with zero attached hydrogens (tertiary/aromatic N) is 1. The second kappa shape index (κ2) is 8.25. The molecule has 0 unspecified atom stereocenters. The summed E-state index contributed by atoms with van der Waals surface area (Å²) in [6, 6.07) is 7.37. The van der Waals surface area contributed by atoms with Crippen LogP contribution in [0.4, 0.5) is 0 Å². The van der Waals surface area contributed by atoms with Gasteiger partial charge in [0.1, 0.15) is 12.4 Å². The first kappa shape index (κ1) is 19.7. The van der Waals surface area contributed by atoms with E-state index >= 15 is 0 Å². The summed E-state index contributed by atoms with van der Waals surface area (Å²) in [6.45, 7) is 8.90. The van der Waals surface area contributed by atoms with Crippen molar-refractivity contribution in [3.8, 4) is 5.75 Å². The normalized spacial score (nSPS) is 12.3. The number of rotatable bonds is 5. The van der Waals surface area contributed by atoms with Crippen LogP contribution in [0.15, 0.2) is 24.3 Å².